The summed E-state index contributed by atoms with van der Waals surface area (Å²) in [6.07, 6.45) is 0. The van der Waals surface area contributed by atoms with Crippen LogP contribution in [0.2, 0.25) is 0 Å². The third-order valence-electron chi connectivity index (χ3n) is 1.14. The maximum absolute atomic E-state index is 4.14. The zero-order chi connectivity index (χ0) is 5.98. The fourth-order valence-corrected chi connectivity index (χ4v) is 0.735. The van der Waals surface area contributed by atoms with E-state index >= 15 is 0 Å². The smallest absolute Gasteiger partial charge is 0.108 e. The highest BCUT2D eigenvalue weighted by Crippen LogP contribution is 1.85. The van der Waals surface area contributed by atoms with Crippen molar-refractivity contribution in [3.63, 3.8) is 0 Å². The van der Waals surface area contributed by atoms with E-state index in [9.17, 15) is 0 Å². The molecule has 0 aromatic carbocycles. The Hall–Kier alpha value is -0.570. The van der Waals surface area contributed by atoms with Crippen LogP contribution >= 0.6 is 0 Å². The molecule has 3 heteroatoms. The molecule has 0 saturated carbocycles. The van der Waals surface area contributed by atoms with Crippen LogP contribution in [0.3, 0.4) is 0 Å². The van der Waals surface area contributed by atoms with Crippen LogP contribution < -0.4 is 5.43 Å². The number of nitrogens with one attached hydrogen (secondary N) is 1. The van der Waals surface area contributed by atoms with Crippen LogP contribution in [0.15, 0.2) is 4.99 Å². The van der Waals surface area contributed by atoms with E-state index in [1.807, 2.05) is 19.0 Å². The molecule has 0 amide bonds. The Kier molecular flexibility index (Phi) is 1.48. The number of hydrazine groups is 1. The van der Waals surface area contributed by atoms with Gasteiger partial charge in [-0.25, -0.2) is 5.01 Å². The molecule has 0 radical (unpaired) electrons. The Morgan fingerprint density at radius 2 is 2.50 bits per heavy atom. The summed E-state index contributed by atoms with van der Waals surface area (Å²) in [5.41, 5.74) is 3.06. The van der Waals surface area contributed by atoms with Crippen LogP contribution in [0.5, 0.6) is 0 Å². The highest BCUT2D eigenvalue weighted by atomic mass is 15.5. The van der Waals surface area contributed by atoms with Gasteiger partial charge in [0.05, 0.1) is 6.54 Å². The zero-order valence-electron chi connectivity index (χ0n) is 5.31. The molecular formula is C5H11N3. The molecule has 0 atom stereocenters. The minimum absolute atomic E-state index is 0.926. The standard InChI is InChI=1S/C5H11N3/c1-5-6-3-4-8(2)7-5/h3-4H2,1-2H3,(H,6,7). The third kappa shape index (κ3) is 1.20. The highest BCUT2D eigenvalue weighted by molar-refractivity contribution is 5.79. The zero-order valence-corrected chi connectivity index (χ0v) is 5.31. The Morgan fingerprint density at radius 3 is 2.88 bits per heavy atom. The van der Waals surface area contributed by atoms with Crippen molar-refractivity contribution in [3.05, 3.63) is 0 Å². The molecule has 1 heterocycles. The lowest BCUT2D eigenvalue weighted by Crippen LogP contribution is -2.43. The van der Waals surface area contributed by atoms with Crippen molar-refractivity contribution < 1.29 is 0 Å². The number of hydrogen-bond donors (Lipinski definition) is 1. The van der Waals surface area contributed by atoms with E-state index in [0.29, 0.717) is 0 Å². The summed E-state index contributed by atoms with van der Waals surface area (Å²) in [7, 11) is 2.01. The summed E-state index contributed by atoms with van der Waals surface area (Å²) >= 11 is 0. The van der Waals surface area contributed by atoms with Gasteiger partial charge in [-0.2, -0.15) is 0 Å². The first-order valence-electron chi connectivity index (χ1n) is 2.78. The summed E-state index contributed by atoms with van der Waals surface area (Å²) in [6.45, 7) is 3.91. The van der Waals surface area contributed by atoms with Crippen molar-refractivity contribution in [2.75, 3.05) is 20.1 Å². The van der Waals surface area contributed by atoms with Crippen molar-refractivity contribution in [1.82, 2.24) is 10.4 Å². The van der Waals surface area contributed by atoms with Gasteiger partial charge in [-0.05, 0) is 6.92 Å². The van der Waals surface area contributed by atoms with Crippen molar-refractivity contribution in [2.24, 2.45) is 4.99 Å². The van der Waals surface area contributed by atoms with Crippen LogP contribution in [0.25, 0.3) is 0 Å². The van der Waals surface area contributed by atoms with Crippen LogP contribution in [0.4, 0.5) is 0 Å². The first-order valence-corrected chi connectivity index (χ1v) is 2.78. The maximum atomic E-state index is 4.14. The first kappa shape index (κ1) is 5.56. The van der Waals surface area contributed by atoms with E-state index in [0.717, 1.165) is 18.9 Å². The number of likely N-dealkylation sites (N-methyl/N-ethyl adjacent to an activating group) is 1. The van der Waals surface area contributed by atoms with Crippen molar-refractivity contribution >= 4 is 5.84 Å². The maximum Gasteiger partial charge on any atom is 0.108 e. The number of rotatable bonds is 0. The lowest BCUT2D eigenvalue weighted by atomic mass is 10.5. The molecule has 46 valence electrons. The monoisotopic (exact) mass is 113 g/mol. The highest BCUT2D eigenvalue weighted by Gasteiger charge is 2.01. The molecule has 0 aromatic heterocycles. The summed E-state index contributed by atoms with van der Waals surface area (Å²) in [5.74, 6) is 1.01. The predicted molar refractivity (Wildman–Crippen MR) is 33.7 cm³/mol. The Bertz CT molecular complexity index is 108. The van der Waals surface area contributed by atoms with Gasteiger partial charge in [0.25, 0.3) is 0 Å². The van der Waals surface area contributed by atoms with Gasteiger partial charge in [-0.1, -0.05) is 0 Å². The normalized spacial score (nSPS) is 22.0. The number of aliphatic imine (C=N–C) groups is 1. The van der Waals surface area contributed by atoms with Gasteiger partial charge in [-0.3, -0.25) is 4.99 Å². The predicted octanol–water partition coefficient (Wildman–Crippen LogP) is -0.145. The van der Waals surface area contributed by atoms with Gasteiger partial charge in [0.15, 0.2) is 0 Å². The molecule has 0 fully saturated rings. The van der Waals surface area contributed by atoms with Crippen LogP contribution in [-0.2, 0) is 0 Å². The summed E-state index contributed by atoms with van der Waals surface area (Å²) in [5, 5.41) is 2.03. The first-order chi connectivity index (χ1) is 3.79. The Morgan fingerprint density at radius 1 is 1.75 bits per heavy atom. The minimum atomic E-state index is 0.926. The Labute approximate surface area is 49.4 Å². The second-order valence-corrected chi connectivity index (χ2v) is 2.00. The number of hydrogen-bond acceptors (Lipinski definition) is 3. The molecule has 1 aliphatic heterocycles. The fraction of sp³-hybridized carbons (Fsp3) is 0.800. The molecule has 0 saturated heterocycles. The van der Waals surface area contributed by atoms with Crippen molar-refractivity contribution in [1.29, 1.82) is 0 Å². The van der Waals surface area contributed by atoms with E-state index in [2.05, 4.69) is 10.4 Å². The molecule has 1 N–H and O–H groups in total. The molecule has 0 spiro atoms. The average molecular weight is 113 g/mol. The lowest BCUT2D eigenvalue weighted by molar-refractivity contribution is 0.287. The molecule has 1 rings (SSSR count). The van der Waals surface area contributed by atoms with Crippen LogP contribution in [0.1, 0.15) is 6.92 Å². The quantitative estimate of drug-likeness (QED) is 0.473. The molecule has 0 unspecified atom stereocenters. The fourth-order valence-electron chi connectivity index (χ4n) is 0.735. The van der Waals surface area contributed by atoms with E-state index in [-0.39, 0.29) is 0 Å². The molecular weight excluding hydrogens is 102 g/mol. The summed E-state index contributed by atoms with van der Waals surface area (Å²) in [6, 6.07) is 0. The SMILES string of the molecule is CC1=NCCN(C)N1. The van der Waals surface area contributed by atoms with Gasteiger partial charge >= 0.3 is 0 Å². The molecule has 8 heavy (non-hydrogen) atoms. The van der Waals surface area contributed by atoms with Gasteiger partial charge in [-0.15, -0.1) is 0 Å². The van der Waals surface area contributed by atoms with Crippen molar-refractivity contribution in [2.45, 2.75) is 6.92 Å². The molecule has 0 bridgehead atoms. The van der Waals surface area contributed by atoms with Crippen LogP contribution in [0, 0.1) is 0 Å². The second kappa shape index (κ2) is 2.13. The minimum Gasteiger partial charge on any atom is -0.307 e. The van der Waals surface area contributed by atoms with Gasteiger partial charge < -0.3 is 5.43 Å². The van der Waals surface area contributed by atoms with Crippen molar-refractivity contribution in [3.8, 4) is 0 Å². The number of nitrogens with zero attached hydrogens (tertiary/aromatic N) is 2. The lowest BCUT2D eigenvalue weighted by Gasteiger charge is -2.21. The summed E-state index contributed by atoms with van der Waals surface area (Å²) in [4.78, 5) is 4.14. The molecule has 0 aromatic rings. The molecule has 0 aliphatic carbocycles. The largest absolute Gasteiger partial charge is 0.307 e. The summed E-state index contributed by atoms with van der Waals surface area (Å²) < 4.78 is 0. The van der Waals surface area contributed by atoms with Gasteiger partial charge in [0, 0.05) is 13.6 Å². The van der Waals surface area contributed by atoms with Crippen LogP contribution in [-0.4, -0.2) is 31.0 Å². The van der Waals surface area contributed by atoms with E-state index < -0.39 is 0 Å². The topological polar surface area (TPSA) is 27.6 Å². The third-order valence-corrected chi connectivity index (χ3v) is 1.14. The molecule has 1 aliphatic rings. The number of amidine groups is 1. The van der Waals surface area contributed by atoms with Gasteiger partial charge in [0.1, 0.15) is 5.84 Å². The van der Waals surface area contributed by atoms with Gasteiger partial charge in [0.2, 0.25) is 0 Å². The second-order valence-electron chi connectivity index (χ2n) is 2.00. The van der Waals surface area contributed by atoms with E-state index in [1.54, 1.807) is 0 Å². The van der Waals surface area contributed by atoms with E-state index in [4.69, 9.17) is 0 Å². The van der Waals surface area contributed by atoms with E-state index in [1.165, 1.54) is 0 Å². The Balaban J connectivity index is 2.45. The molecule has 3 nitrogen and oxygen atoms in total. The average Bonchev–Trinajstić information content (AvgIpc) is 1.64.